The molecule has 0 aliphatic rings. The third kappa shape index (κ3) is 10.3. The molecular weight excluding hydrogens is 120 g/mol. The maximum Gasteiger partial charge on any atom is -0.0374 e. The molecule has 0 spiro atoms. The highest BCUT2D eigenvalue weighted by Gasteiger charge is 1.74. The van der Waals surface area contributed by atoms with Gasteiger partial charge in [0.25, 0.3) is 0 Å². The Balaban J connectivity index is 0. The van der Waals surface area contributed by atoms with Gasteiger partial charge >= 0.3 is 0 Å². The smallest absolute Gasteiger partial charge is 0.0374 e. The zero-order valence-electron chi connectivity index (χ0n) is 7.35. The molecule has 0 saturated heterocycles. The van der Waals surface area contributed by atoms with Crippen molar-refractivity contribution in [2.45, 2.75) is 27.2 Å². The van der Waals surface area contributed by atoms with Gasteiger partial charge in [0.2, 0.25) is 0 Å². The summed E-state index contributed by atoms with van der Waals surface area (Å²) in [6.45, 7) is 12.3. The minimum absolute atomic E-state index is 1.14. The first-order valence-electron chi connectivity index (χ1n) is 3.60. The monoisotopic (exact) mass is 138 g/mol. The van der Waals surface area contributed by atoms with Gasteiger partial charge in [-0.25, -0.2) is 0 Å². The molecule has 0 bridgehead atoms. The summed E-state index contributed by atoms with van der Waals surface area (Å²) in [6.07, 6.45) is 7.52. The van der Waals surface area contributed by atoms with Crippen LogP contribution in [0.5, 0.6) is 0 Å². The normalized spacial score (nSPS) is 10.9. The Hall–Kier alpha value is -0.780. The van der Waals surface area contributed by atoms with E-state index >= 15 is 0 Å². The number of rotatable bonds is 2. The lowest BCUT2D eigenvalue weighted by Crippen LogP contribution is -1.64. The summed E-state index contributed by atoms with van der Waals surface area (Å²) in [7, 11) is 0. The van der Waals surface area contributed by atoms with E-state index in [0.717, 1.165) is 6.42 Å². The van der Waals surface area contributed by atoms with Crippen LogP contribution in [0, 0.1) is 0 Å². The maximum atomic E-state index is 3.00. The van der Waals surface area contributed by atoms with E-state index in [1.165, 1.54) is 5.57 Å². The maximum absolute atomic E-state index is 3.00. The molecule has 0 N–H and O–H groups in total. The second-order valence-corrected chi connectivity index (χ2v) is 1.86. The molecule has 0 heteroatoms. The van der Waals surface area contributed by atoms with Crippen LogP contribution < -0.4 is 0 Å². The average Bonchev–Trinajstić information content (AvgIpc) is 1.93. The lowest BCUT2D eigenvalue weighted by atomic mass is 10.2. The van der Waals surface area contributed by atoms with E-state index in [0.29, 0.717) is 0 Å². The molecule has 0 rings (SSSR count). The highest BCUT2D eigenvalue weighted by molar-refractivity contribution is 5.14. The van der Waals surface area contributed by atoms with Crippen molar-refractivity contribution in [2.75, 3.05) is 0 Å². The zero-order chi connectivity index (χ0) is 8.41. The lowest BCUT2D eigenvalue weighted by molar-refractivity contribution is 1.20. The molecule has 0 nitrogen and oxygen atoms in total. The van der Waals surface area contributed by atoms with E-state index in [9.17, 15) is 0 Å². The van der Waals surface area contributed by atoms with E-state index in [1.54, 1.807) is 0 Å². The van der Waals surface area contributed by atoms with Gasteiger partial charge in [-0.05, 0) is 20.3 Å². The fraction of sp³-hybridized carbons (Fsp3) is 0.400. The van der Waals surface area contributed by atoms with Crippen LogP contribution in [-0.4, -0.2) is 0 Å². The van der Waals surface area contributed by atoms with Crippen LogP contribution >= 0.6 is 0 Å². The summed E-state index contributed by atoms with van der Waals surface area (Å²) in [5.41, 5.74) is 1.36. The largest absolute Gasteiger partial charge is 0.106 e. The third-order valence-electron chi connectivity index (χ3n) is 0.956. The van der Waals surface area contributed by atoms with Crippen molar-refractivity contribution in [1.82, 2.24) is 0 Å². The molecule has 0 aliphatic heterocycles. The zero-order valence-corrected chi connectivity index (χ0v) is 7.35. The third-order valence-corrected chi connectivity index (χ3v) is 0.956. The van der Waals surface area contributed by atoms with Gasteiger partial charge in [0.05, 0.1) is 0 Å². The van der Waals surface area contributed by atoms with Crippen LogP contribution in [0.2, 0.25) is 0 Å². The van der Waals surface area contributed by atoms with E-state index in [1.807, 2.05) is 6.92 Å². The summed E-state index contributed by atoms with van der Waals surface area (Å²) in [6, 6.07) is 0. The molecule has 0 unspecified atom stereocenters. The Labute approximate surface area is 65.0 Å². The van der Waals surface area contributed by atoms with Gasteiger partial charge in [0, 0.05) is 0 Å². The number of hydrogen-bond donors (Lipinski definition) is 0. The molecule has 0 fully saturated rings. The topological polar surface area (TPSA) is 0 Å². The minimum atomic E-state index is 1.14. The Kier molecular flexibility index (Phi) is 13.2. The van der Waals surface area contributed by atoms with Crippen LogP contribution in [0.4, 0.5) is 0 Å². The van der Waals surface area contributed by atoms with Gasteiger partial charge in [-0.15, -0.1) is 13.2 Å². The van der Waals surface area contributed by atoms with Crippen LogP contribution in [0.15, 0.2) is 37.0 Å². The molecule has 0 amide bonds. The molecule has 0 saturated carbocycles. The molecule has 0 atom stereocenters. The molecule has 58 valence electrons. The number of allylic oxidation sites excluding steroid dienone is 4. The van der Waals surface area contributed by atoms with E-state index in [4.69, 9.17) is 0 Å². The standard InChI is InChI=1S/C8H14.C2H4/c1-4-6-8(3)7-5-2;1-2/h4,6-7H,5H2,1-3H3;1-2H2/b6-4-,8-7-;. The second kappa shape index (κ2) is 11.1. The van der Waals surface area contributed by atoms with Crippen molar-refractivity contribution in [3.05, 3.63) is 37.0 Å². The summed E-state index contributed by atoms with van der Waals surface area (Å²) < 4.78 is 0. The molecule has 10 heavy (non-hydrogen) atoms. The summed E-state index contributed by atoms with van der Waals surface area (Å²) >= 11 is 0. The second-order valence-electron chi connectivity index (χ2n) is 1.86. The fourth-order valence-electron chi connectivity index (χ4n) is 0.653. The van der Waals surface area contributed by atoms with Crippen LogP contribution in [0.25, 0.3) is 0 Å². The van der Waals surface area contributed by atoms with Crippen molar-refractivity contribution >= 4 is 0 Å². The summed E-state index contributed by atoms with van der Waals surface area (Å²) in [4.78, 5) is 0. The first kappa shape index (κ1) is 12.0. The first-order chi connectivity index (χ1) is 4.81. The molecule has 0 aromatic heterocycles. The Morgan fingerprint density at radius 3 is 2.20 bits per heavy atom. The van der Waals surface area contributed by atoms with E-state index in [2.05, 4.69) is 45.2 Å². The van der Waals surface area contributed by atoms with Crippen LogP contribution in [0.3, 0.4) is 0 Å². The molecule has 0 heterocycles. The van der Waals surface area contributed by atoms with Crippen molar-refractivity contribution in [1.29, 1.82) is 0 Å². The van der Waals surface area contributed by atoms with E-state index < -0.39 is 0 Å². The quantitative estimate of drug-likeness (QED) is 0.403. The minimum Gasteiger partial charge on any atom is -0.106 e. The van der Waals surface area contributed by atoms with Crippen LogP contribution in [0.1, 0.15) is 27.2 Å². The van der Waals surface area contributed by atoms with Gasteiger partial charge in [0.15, 0.2) is 0 Å². The Morgan fingerprint density at radius 1 is 1.40 bits per heavy atom. The van der Waals surface area contributed by atoms with Crippen molar-refractivity contribution in [2.24, 2.45) is 0 Å². The molecular formula is C10H18. The molecule has 0 aromatic rings. The number of hydrogen-bond acceptors (Lipinski definition) is 0. The van der Waals surface area contributed by atoms with Gasteiger partial charge in [-0.2, -0.15) is 0 Å². The van der Waals surface area contributed by atoms with Gasteiger partial charge in [-0.1, -0.05) is 30.7 Å². The van der Waals surface area contributed by atoms with Gasteiger partial charge in [0.1, 0.15) is 0 Å². The lowest BCUT2D eigenvalue weighted by Gasteiger charge is -1.85. The summed E-state index contributed by atoms with van der Waals surface area (Å²) in [5.74, 6) is 0. The first-order valence-corrected chi connectivity index (χ1v) is 3.60. The van der Waals surface area contributed by atoms with Crippen molar-refractivity contribution in [3.63, 3.8) is 0 Å². The predicted molar refractivity (Wildman–Crippen MR) is 50.1 cm³/mol. The molecule has 0 aliphatic carbocycles. The highest BCUT2D eigenvalue weighted by Crippen LogP contribution is 1.95. The molecule has 0 radical (unpaired) electrons. The van der Waals surface area contributed by atoms with Crippen molar-refractivity contribution < 1.29 is 0 Å². The fourth-order valence-corrected chi connectivity index (χ4v) is 0.653. The van der Waals surface area contributed by atoms with Crippen LogP contribution in [-0.2, 0) is 0 Å². The van der Waals surface area contributed by atoms with E-state index in [-0.39, 0.29) is 0 Å². The van der Waals surface area contributed by atoms with Gasteiger partial charge < -0.3 is 0 Å². The van der Waals surface area contributed by atoms with Crippen molar-refractivity contribution in [3.8, 4) is 0 Å². The Bertz CT molecular complexity index is 107. The summed E-state index contributed by atoms with van der Waals surface area (Å²) in [5, 5.41) is 0. The predicted octanol–water partition coefficient (Wildman–Crippen LogP) is 3.72. The highest BCUT2D eigenvalue weighted by atomic mass is 13.8. The SMILES string of the molecule is C/C=C\C(C)=C/CC.C=C. The molecule has 0 aromatic carbocycles. The van der Waals surface area contributed by atoms with Gasteiger partial charge in [-0.3, -0.25) is 0 Å². The average molecular weight is 138 g/mol. The Morgan fingerprint density at radius 2 is 1.90 bits per heavy atom.